The predicted molar refractivity (Wildman–Crippen MR) is 102 cm³/mol. The van der Waals surface area contributed by atoms with Crippen LogP contribution in [0.25, 0.3) is 0 Å². The molecule has 2 rings (SSSR count). The Hall–Kier alpha value is -0.940. The highest BCUT2D eigenvalue weighted by molar-refractivity contribution is 5.80. The minimum absolute atomic E-state index is 0.220. The number of amides is 1. The fraction of sp³-hybridized carbons (Fsp3) is 0.905. The van der Waals surface area contributed by atoms with E-state index < -0.39 is 0 Å². The van der Waals surface area contributed by atoms with Crippen molar-refractivity contribution in [2.75, 3.05) is 39.5 Å². The molecular weight excluding hydrogens is 330 g/mol. The van der Waals surface area contributed by atoms with Crippen LogP contribution in [-0.2, 0) is 19.1 Å². The number of carbonyl (C=O) groups is 2. The summed E-state index contributed by atoms with van der Waals surface area (Å²) in [6.45, 7) is 8.06. The molecule has 2 fully saturated rings. The van der Waals surface area contributed by atoms with E-state index in [4.69, 9.17) is 9.47 Å². The molecule has 0 radical (unpaired) electrons. The summed E-state index contributed by atoms with van der Waals surface area (Å²) in [6, 6.07) is 0. The first-order chi connectivity index (χ1) is 12.7. The largest absolute Gasteiger partial charge is 0.379 e. The van der Waals surface area contributed by atoms with Crippen LogP contribution in [0.4, 0.5) is 0 Å². The lowest BCUT2D eigenvalue weighted by atomic mass is 9.71. The Labute approximate surface area is 158 Å². The monoisotopic (exact) mass is 367 g/mol. The molecule has 0 aromatic heterocycles. The summed E-state index contributed by atoms with van der Waals surface area (Å²) in [4.78, 5) is 26.2. The van der Waals surface area contributed by atoms with Crippen molar-refractivity contribution in [1.82, 2.24) is 4.90 Å². The average Bonchev–Trinajstić information content (AvgIpc) is 2.70. The van der Waals surface area contributed by atoms with Crippen molar-refractivity contribution in [2.24, 2.45) is 17.8 Å². The van der Waals surface area contributed by atoms with Crippen LogP contribution >= 0.6 is 0 Å². The van der Waals surface area contributed by atoms with Gasteiger partial charge >= 0.3 is 0 Å². The maximum atomic E-state index is 12.3. The highest BCUT2D eigenvalue weighted by atomic mass is 16.5. The molecule has 0 atom stereocenters. The van der Waals surface area contributed by atoms with Gasteiger partial charge in [-0.05, 0) is 57.3 Å². The standard InChI is InChI=1S/C21H37NO4/c1-3-20(23)19-7-5-17(6-8-19)18-9-12-22(13-10-18)21(24)11-14-26-16-15-25-4-2/h17-19H,3-16H2,1-2H3. The molecule has 26 heavy (non-hydrogen) atoms. The second-order valence-corrected chi connectivity index (χ2v) is 7.71. The predicted octanol–water partition coefficient (Wildman–Crippen LogP) is 3.45. The third-order valence-corrected chi connectivity index (χ3v) is 6.17. The maximum absolute atomic E-state index is 12.3. The second-order valence-electron chi connectivity index (χ2n) is 7.71. The molecule has 0 aromatic carbocycles. The fourth-order valence-electron chi connectivity index (χ4n) is 4.50. The molecule has 5 nitrogen and oxygen atoms in total. The lowest BCUT2D eigenvalue weighted by Gasteiger charge is -2.39. The van der Waals surface area contributed by atoms with Crippen LogP contribution in [0.1, 0.15) is 65.2 Å². The van der Waals surface area contributed by atoms with Gasteiger partial charge in [0.05, 0.1) is 26.2 Å². The number of ether oxygens (including phenoxy) is 2. The molecule has 1 saturated heterocycles. The van der Waals surface area contributed by atoms with Gasteiger partial charge in [0, 0.05) is 32.0 Å². The Bertz CT molecular complexity index is 424. The van der Waals surface area contributed by atoms with Gasteiger partial charge in [0.1, 0.15) is 5.78 Å². The molecule has 1 saturated carbocycles. The Balaban J connectivity index is 1.60. The van der Waals surface area contributed by atoms with Crippen LogP contribution < -0.4 is 0 Å². The van der Waals surface area contributed by atoms with E-state index in [1.54, 1.807) is 0 Å². The Morgan fingerprint density at radius 1 is 0.846 bits per heavy atom. The normalized spacial score (nSPS) is 24.6. The number of carbonyl (C=O) groups excluding carboxylic acids is 2. The van der Waals surface area contributed by atoms with E-state index in [2.05, 4.69) is 0 Å². The van der Waals surface area contributed by atoms with Crippen LogP contribution in [0.3, 0.4) is 0 Å². The van der Waals surface area contributed by atoms with Crippen LogP contribution in [0.2, 0.25) is 0 Å². The van der Waals surface area contributed by atoms with Crippen LogP contribution in [-0.4, -0.2) is 56.1 Å². The third kappa shape index (κ3) is 6.66. The lowest BCUT2D eigenvalue weighted by molar-refractivity contribution is -0.134. The molecule has 1 aliphatic heterocycles. The summed E-state index contributed by atoms with van der Waals surface area (Å²) in [5, 5.41) is 0. The van der Waals surface area contributed by atoms with Crippen molar-refractivity contribution in [3.63, 3.8) is 0 Å². The van der Waals surface area contributed by atoms with Crippen molar-refractivity contribution >= 4 is 11.7 Å². The zero-order chi connectivity index (χ0) is 18.8. The molecule has 1 amide bonds. The average molecular weight is 368 g/mol. The van der Waals surface area contributed by atoms with Gasteiger partial charge in [0.2, 0.25) is 5.91 Å². The summed E-state index contributed by atoms with van der Waals surface area (Å²) in [7, 11) is 0. The van der Waals surface area contributed by atoms with Crippen molar-refractivity contribution in [1.29, 1.82) is 0 Å². The van der Waals surface area contributed by atoms with E-state index >= 15 is 0 Å². The zero-order valence-electron chi connectivity index (χ0n) is 16.7. The minimum Gasteiger partial charge on any atom is -0.379 e. The van der Waals surface area contributed by atoms with E-state index in [0.29, 0.717) is 51.0 Å². The van der Waals surface area contributed by atoms with Crippen molar-refractivity contribution in [3.05, 3.63) is 0 Å². The molecule has 0 unspecified atom stereocenters. The molecule has 0 N–H and O–H groups in total. The van der Waals surface area contributed by atoms with Gasteiger partial charge in [-0.25, -0.2) is 0 Å². The topological polar surface area (TPSA) is 55.8 Å². The van der Waals surface area contributed by atoms with Gasteiger partial charge in [-0.1, -0.05) is 6.92 Å². The zero-order valence-corrected chi connectivity index (χ0v) is 16.7. The number of likely N-dealkylation sites (tertiary alicyclic amines) is 1. The fourth-order valence-corrected chi connectivity index (χ4v) is 4.50. The Kier molecular flexibility index (Phi) is 9.62. The molecule has 5 heteroatoms. The summed E-state index contributed by atoms with van der Waals surface area (Å²) < 4.78 is 10.7. The maximum Gasteiger partial charge on any atom is 0.224 e. The van der Waals surface area contributed by atoms with Crippen molar-refractivity contribution in [3.8, 4) is 0 Å². The quantitative estimate of drug-likeness (QED) is 0.555. The number of ketones is 1. The highest BCUT2D eigenvalue weighted by Gasteiger charge is 2.32. The van der Waals surface area contributed by atoms with Gasteiger partial charge < -0.3 is 14.4 Å². The van der Waals surface area contributed by atoms with Gasteiger partial charge in [0.15, 0.2) is 0 Å². The molecular formula is C21H37NO4. The molecule has 0 spiro atoms. The number of piperidine rings is 1. The number of nitrogens with zero attached hydrogens (tertiary/aromatic N) is 1. The molecule has 0 aromatic rings. The van der Waals surface area contributed by atoms with Crippen LogP contribution in [0.5, 0.6) is 0 Å². The lowest BCUT2D eigenvalue weighted by Crippen LogP contribution is -2.41. The first kappa shape index (κ1) is 21.4. The van der Waals surface area contributed by atoms with Gasteiger partial charge in [-0.2, -0.15) is 0 Å². The summed E-state index contributed by atoms with van der Waals surface area (Å²) in [5.74, 6) is 2.49. The molecule has 0 bridgehead atoms. The SMILES string of the molecule is CCOCCOCCC(=O)N1CCC(C2CCC(C(=O)CC)CC2)CC1. The first-order valence-corrected chi connectivity index (χ1v) is 10.6. The Morgan fingerprint density at radius 2 is 1.46 bits per heavy atom. The van der Waals surface area contributed by atoms with Crippen molar-refractivity contribution < 1.29 is 19.1 Å². The minimum atomic E-state index is 0.220. The summed E-state index contributed by atoms with van der Waals surface area (Å²) in [5.41, 5.74) is 0. The van der Waals surface area contributed by atoms with Crippen LogP contribution in [0.15, 0.2) is 0 Å². The summed E-state index contributed by atoms with van der Waals surface area (Å²) in [6.07, 6.45) is 7.95. The van der Waals surface area contributed by atoms with E-state index in [1.807, 2.05) is 18.7 Å². The molecule has 150 valence electrons. The van der Waals surface area contributed by atoms with E-state index in [-0.39, 0.29) is 5.91 Å². The third-order valence-electron chi connectivity index (χ3n) is 6.17. The number of Topliss-reactive ketones (excluding diaryl/α,β-unsaturated/α-hetero) is 1. The van der Waals surface area contributed by atoms with Gasteiger partial charge in [0.25, 0.3) is 0 Å². The van der Waals surface area contributed by atoms with E-state index in [9.17, 15) is 9.59 Å². The van der Waals surface area contributed by atoms with Crippen molar-refractivity contribution in [2.45, 2.75) is 65.2 Å². The summed E-state index contributed by atoms with van der Waals surface area (Å²) >= 11 is 0. The first-order valence-electron chi connectivity index (χ1n) is 10.6. The van der Waals surface area contributed by atoms with Gasteiger partial charge in [-0.3, -0.25) is 9.59 Å². The van der Waals surface area contributed by atoms with Gasteiger partial charge in [-0.15, -0.1) is 0 Å². The molecule has 2 aliphatic rings. The number of rotatable bonds is 10. The molecule has 1 heterocycles. The van der Waals surface area contributed by atoms with E-state index in [1.165, 1.54) is 12.8 Å². The smallest absolute Gasteiger partial charge is 0.224 e. The number of hydrogen-bond acceptors (Lipinski definition) is 4. The second kappa shape index (κ2) is 11.7. The number of hydrogen-bond donors (Lipinski definition) is 0. The van der Waals surface area contributed by atoms with Crippen LogP contribution in [0, 0.1) is 17.8 Å². The Morgan fingerprint density at radius 3 is 2.08 bits per heavy atom. The van der Waals surface area contributed by atoms with E-state index in [0.717, 1.165) is 50.6 Å². The molecule has 1 aliphatic carbocycles. The highest BCUT2D eigenvalue weighted by Crippen LogP contribution is 2.38.